The molecule has 0 aliphatic carbocycles. The van der Waals surface area contributed by atoms with Crippen LogP contribution < -0.4 is 4.74 Å². The van der Waals surface area contributed by atoms with Gasteiger partial charge in [0.1, 0.15) is 11.4 Å². The maximum absolute atomic E-state index is 14.1. The summed E-state index contributed by atoms with van der Waals surface area (Å²) >= 11 is 0. The Kier molecular flexibility index (Phi) is 7.21. The minimum absolute atomic E-state index is 0.117. The predicted octanol–water partition coefficient (Wildman–Crippen LogP) is 3.58. The zero-order valence-corrected chi connectivity index (χ0v) is 17.7. The number of benzene rings is 2. The lowest BCUT2D eigenvalue weighted by atomic mass is 10.1. The number of rotatable bonds is 6. The number of carboxylic acids is 1. The SMILES string of the molecule is C[C@@H]1CN(Cc2ccc(F)cc2)[C@@H](C)CN1C(=O)COc1c(F)c(F)c(C(=O)O)c(F)c1F. The number of amides is 1. The van der Waals surface area contributed by atoms with Gasteiger partial charge in [-0.2, -0.15) is 8.78 Å². The number of carboxylic acid groups (broad SMARTS) is 1. The number of aromatic carboxylic acids is 1. The molecule has 33 heavy (non-hydrogen) atoms. The van der Waals surface area contributed by atoms with Crippen LogP contribution in [0.2, 0.25) is 0 Å². The van der Waals surface area contributed by atoms with E-state index in [2.05, 4.69) is 4.90 Å². The van der Waals surface area contributed by atoms with Crippen molar-refractivity contribution < 1.29 is 41.4 Å². The molecule has 0 saturated carbocycles. The van der Waals surface area contributed by atoms with Crippen molar-refractivity contribution in [1.29, 1.82) is 0 Å². The van der Waals surface area contributed by atoms with Gasteiger partial charge in [0, 0.05) is 31.7 Å². The molecule has 2 atom stereocenters. The lowest BCUT2D eigenvalue weighted by Crippen LogP contribution is -2.58. The molecule has 6 nitrogen and oxygen atoms in total. The highest BCUT2D eigenvalue weighted by Gasteiger charge is 2.34. The van der Waals surface area contributed by atoms with Crippen molar-refractivity contribution in [2.75, 3.05) is 19.7 Å². The molecule has 1 heterocycles. The Bertz CT molecular complexity index is 1030. The van der Waals surface area contributed by atoms with Gasteiger partial charge >= 0.3 is 5.97 Å². The second-order valence-electron chi connectivity index (χ2n) is 7.85. The predicted molar refractivity (Wildman–Crippen MR) is 106 cm³/mol. The highest BCUT2D eigenvalue weighted by molar-refractivity contribution is 5.88. The molecule has 0 aromatic heterocycles. The minimum atomic E-state index is -2.19. The summed E-state index contributed by atoms with van der Waals surface area (Å²) in [6, 6.07) is 5.59. The van der Waals surface area contributed by atoms with Crippen LogP contribution in [-0.4, -0.2) is 58.6 Å². The third-order valence-electron chi connectivity index (χ3n) is 5.51. The van der Waals surface area contributed by atoms with Crippen LogP contribution in [0.4, 0.5) is 22.0 Å². The standard InChI is InChI=1S/C22H21F5N2O4/c1-11-8-29(12(2)7-28(11)9-13-3-5-14(23)6-4-13)15(30)10-33-21-19(26)17(24)16(22(31)32)18(25)20(21)27/h3-6,11-12H,7-10H2,1-2H3,(H,31,32)/t11-,12+/m0/s1. The molecule has 1 saturated heterocycles. The van der Waals surface area contributed by atoms with Gasteiger partial charge in [0.15, 0.2) is 24.0 Å². The van der Waals surface area contributed by atoms with E-state index in [1.165, 1.54) is 17.0 Å². The van der Waals surface area contributed by atoms with Crippen LogP contribution in [0.1, 0.15) is 29.8 Å². The summed E-state index contributed by atoms with van der Waals surface area (Å²) in [6.07, 6.45) is 0. The van der Waals surface area contributed by atoms with Gasteiger partial charge in [0.25, 0.3) is 5.91 Å². The Balaban J connectivity index is 1.67. The van der Waals surface area contributed by atoms with Crippen molar-refractivity contribution >= 4 is 11.9 Å². The summed E-state index contributed by atoms with van der Waals surface area (Å²) in [5.74, 6) is -13.0. The monoisotopic (exact) mass is 472 g/mol. The topological polar surface area (TPSA) is 70.1 Å². The van der Waals surface area contributed by atoms with E-state index in [1.807, 2.05) is 6.92 Å². The van der Waals surface area contributed by atoms with E-state index in [9.17, 15) is 31.5 Å². The number of hydrogen-bond acceptors (Lipinski definition) is 4. The molecule has 1 amide bonds. The number of hydrogen-bond donors (Lipinski definition) is 1. The number of carbonyl (C=O) groups excluding carboxylic acids is 1. The second kappa shape index (κ2) is 9.74. The fourth-order valence-corrected chi connectivity index (χ4v) is 3.73. The maximum atomic E-state index is 14.1. The molecule has 11 heteroatoms. The molecule has 3 rings (SSSR count). The van der Waals surface area contributed by atoms with Crippen LogP contribution in [0.3, 0.4) is 0 Å². The summed E-state index contributed by atoms with van der Waals surface area (Å²) < 4.78 is 73.6. The smallest absolute Gasteiger partial charge is 0.341 e. The summed E-state index contributed by atoms with van der Waals surface area (Å²) in [7, 11) is 0. The Morgan fingerprint density at radius 3 is 2.06 bits per heavy atom. The Morgan fingerprint density at radius 1 is 0.939 bits per heavy atom. The number of ether oxygens (including phenoxy) is 1. The molecule has 0 radical (unpaired) electrons. The Labute approximate surface area is 186 Å². The van der Waals surface area contributed by atoms with Crippen molar-refractivity contribution in [1.82, 2.24) is 9.80 Å². The fraction of sp³-hybridized carbons (Fsp3) is 0.364. The van der Waals surface area contributed by atoms with Crippen molar-refractivity contribution in [3.05, 3.63) is 64.5 Å². The van der Waals surface area contributed by atoms with E-state index < -0.39 is 53.1 Å². The van der Waals surface area contributed by atoms with Crippen LogP contribution in [0.25, 0.3) is 0 Å². The summed E-state index contributed by atoms with van der Waals surface area (Å²) in [4.78, 5) is 26.9. The molecule has 2 aromatic rings. The molecule has 1 N–H and O–H groups in total. The van der Waals surface area contributed by atoms with E-state index in [0.29, 0.717) is 13.1 Å². The van der Waals surface area contributed by atoms with E-state index in [-0.39, 0.29) is 24.4 Å². The summed E-state index contributed by atoms with van der Waals surface area (Å²) in [6.45, 7) is 3.93. The largest absolute Gasteiger partial charge is 0.477 e. The zero-order valence-electron chi connectivity index (χ0n) is 17.7. The molecule has 1 fully saturated rings. The van der Waals surface area contributed by atoms with Gasteiger partial charge in [-0.3, -0.25) is 9.69 Å². The maximum Gasteiger partial charge on any atom is 0.341 e. The van der Waals surface area contributed by atoms with Gasteiger partial charge in [0.2, 0.25) is 11.6 Å². The van der Waals surface area contributed by atoms with E-state index in [0.717, 1.165) is 5.56 Å². The fourth-order valence-electron chi connectivity index (χ4n) is 3.73. The van der Waals surface area contributed by atoms with Crippen LogP contribution in [0.15, 0.2) is 24.3 Å². The molecule has 2 aromatic carbocycles. The molecular formula is C22H21F5N2O4. The van der Waals surface area contributed by atoms with E-state index in [4.69, 9.17) is 9.84 Å². The molecule has 178 valence electrons. The first kappa shape index (κ1) is 24.4. The number of carbonyl (C=O) groups is 2. The summed E-state index contributed by atoms with van der Waals surface area (Å²) in [5.41, 5.74) is -0.901. The molecule has 0 unspecified atom stereocenters. The van der Waals surface area contributed by atoms with Gasteiger partial charge in [-0.15, -0.1) is 0 Å². The Morgan fingerprint density at radius 2 is 1.52 bits per heavy atom. The molecule has 1 aliphatic rings. The van der Waals surface area contributed by atoms with E-state index in [1.54, 1.807) is 19.1 Å². The molecular weight excluding hydrogens is 451 g/mol. The zero-order chi connectivity index (χ0) is 24.4. The first-order chi connectivity index (χ1) is 15.5. The van der Waals surface area contributed by atoms with Crippen molar-refractivity contribution in [2.45, 2.75) is 32.5 Å². The lowest BCUT2D eigenvalue weighted by Gasteiger charge is -2.44. The molecule has 1 aliphatic heterocycles. The van der Waals surface area contributed by atoms with Crippen LogP contribution in [0.5, 0.6) is 5.75 Å². The van der Waals surface area contributed by atoms with Gasteiger partial charge in [-0.05, 0) is 31.5 Å². The first-order valence-electron chi connectivity index (χ1n) is 10.0. The van der Waals surface area contributed by atoms with Gasteiger partial charge in [-0.25, -0.2) is 18.0 Å². The van der Waals surface area contributed by atoms with Crippen LogP contribution >= 0.6 is 0 Å². The molecule has 0 bridgehead atoms. The average molecular weight is 472 g/mol. The second-order valence-corrected chi connectivity index (χ2v) is 7.85. The van der Waals surface area contributed by atoms with Crippen LogP contribution in [-0.2, 0) is 11.3 Å². The highest BCUT2D eigenvalue weighted by atomic mass is 19.2. The number of halogens is 5. The van der Waals surface area contributed by atoms with Crippen molar-refractivity contribution in [2.24, 2.45) is 0 Å². The van der Waals surface area contributed by atoms with Crippen LogP contribution in [0, 0.1) is 29.1 Å². The summed E-state index contributed by atoms with van der Waals surface area (Å²) in [5, 5.41) is 8.72. The molecule has 0 spiro atoms. The normalized spacial score (nSPS) is 18.9. The van der Waals surface area contributed by atoms with Crippen molar-refractivity contribution in [3.8, 4) is 5.75 Å². The highest BCUT2D eigenvalue weighted by Crippen LogP contribution is 2.30. The van der Waals surface area contributed by atoms with Gasteiger partial charge < -0.3 is 14.7 Å². The third kappa shape index (κ3) is 5.08. The van der Waals surface area contributed by atoms with Crippen molar-refractivity contribution in [3.63, 3.8) is 0 Å². The number of piperazine rings is 1. The van der Waals surface area contributed by atoms with Gasteiger partial charge in [-0.1, -0.05) is 12.1 Å². The Hall–Kier alpha value is -3.21. The quantitative estimate of drug-likeness (QED) is 0.514. The lowest BCUT2D eigenvalue weighted by molar-refractivity contribution is -0.139. The average Bonchev–Trinajstić information content (AvgIpc) is 2.76. The number of nitrogens with zero attached hydrogens (tertiary/aromatic N) is 2. The third-order valence-corrected chi connectivity index (χ3v) is 5.51. The van der Waals surface area contributed by atoms with Gasteiger partial charge in [0.05, 0.1) is 0 Å². The minimum Gasteiger partial charge on any atom is -0.477 e. The first-order valence-corrected chi connectivity index (χ1v) is 10.0. The van der Waals surface area contributed by atoms with E-state index >= 15 is 0 Å².